The topological polar surface area (TPSA) is 44.7 Å². The van der Waals surface area contributed by atoms with E-state index in [1.54, 1.807) is 0 Å². The molecule has 0 spiro atoms. The molecule has 13 heavy (non-hydrogen) atoms. The van der Waals surface area contributed by atoms with Gasteiger partial charge in [-0.25, -0.2) is 0 Å². The summed E-state index contributed by atoms with van der Waals surface area (Å²) in [5.41, 5.74) is 0. The minimum absolute atomic E-state index is 0.282. The van der Waals surface area contributed by atoms with Gasteiger partial charge in [0, 0.05) is 25.7 Å². The highest BCUT2D eigenvalue weighted by Crippen LogP contribution is 2.02. The second-order valence-electron chi connectivity index (χ2n) is 3.88. The van der Waals surface area contributed by atoms with Gasteiger partial charge in [-0.3, -0.25) is 0 Å². The highest BCUT2D eigenvalue weighted by atomic mass is 16.5. The van der Waals surface area contributed by atoms with Gasteiger partial charge in [-0.05, 0) is 20.5 Å². The van der Waals surface area contributed by atoms with Crippen LogP contribution in [0, 0.1) is 0 Å². The van der Waals surface area contributed by atoms with E-state index in [1.165, 1.54) is 0 Å². The van der Waals surface area contributed by atoms with Gasteiger partial charge in [0.1, 0.15) is 0 Å². The summed E-state index contributed by atoms with van der Waals surface area (Å²) in [7, 11) is 3.92. The molecule has 1 aliphatic rings. The SMILES string of the molecule is CN(C)CC(O)CNC1CCOC1. The first-order valence-electron chi connectivity index (χ1n) is 4.82. The Morgan fingerprint density at radius 1 is 1.62 bits per heavy atom. The standard InChI is InChI=1S/C9H20N2O2/c1-11(2)6-9(12)5-10-8-3-4-13-7-8/h8-10,12H,3-7H2,1-2H3. The van der Waals surface area contributed by atoms with Crippen molar-refractivity contribution in [3.05, 3.63) is 0 Å². The third-order valence-corrected chi connectivity index (χ3v) is 2.15. The van der Waals surface area contributed by atoms with E-state index in [0.29, 0.717) is 19.1 Å². The molecule has 2 atom stereocenters. The number of likely N-dealkylation sites (N-methyl/N-ethyl adjacent to an activating group) is 1. The second kappa shape index (κ2) is 5.54. The zero-order chi connectivity index (χ0) is 9.68. The Bertz CT molecular complexity index is 136. The maximum Gasteiger partial charge on any atom is 0.0791 e. The Kier molecular flexibility index (Phi) is 4.66. The molecule has 78 valence electrons. The molecule has 0 radical (unpaired) electrons. The van der Waals surface area contributed by atoms with Crippen LogP contribution in [0.2, 0.25) is 0 Å². The first-order chi connectivity index (χ1) is 6.18. The highest BCUT2D eigenvalue weighted by Gasteiger charge is 2.16. The molecule has 1 fully saturated rings. The molecule has 1 aliphatic heterocycles. The van der Waals surface area contributed by atoms with Crippen LogP contribution in [0.5, 0.6) is 0 Å². The summed E-state index contributed by atoms with van der Waals surface area (Å²) < 4.78 is 5.22. The van der Waals surface area contributed by atoms with Crippen molar-refractivity contribution in [3.63, 3.8) is 0 Å². The lowest BCUT2D eigenvalue weighted by molar-refractivity contribution is 0.128. The molecule has 0 aliphatic carbocycles. The third kappa shape index (κ3) is 4.57. The van der Waals surface area contributed by atoms with Crippen LogP contribution in [-0.2, 0) is 4.74 Å². The Hall–Kier alpha value is -0.160. The fourth-order valence-electron chi connectivity index (χ4n) is 1.48. The van der Waals surface area contributed by atoms with E-state index >= 15 is 0 Å². The molecule has 1 rings (SSSR count). The normalized spacial score (nSPS) is 25.4. The Morgan fingerprint density at radius 2 is 2.38 bits per heavy atom. The van der Waals surface area contributed by atoms with Crippen LogP contribution in [0.25, 0.3) is 0 Å². The van der Waals surface area contributed by atoms with E-state index in [4.69, 9.17) is 4.74 Å². The van der Waals surface area contributed by atoms with Gasteiger partial charge in [0.05, 0.1) is 12.7 Å². The molecule has 0 aromatic heterocycles. The van der Waals surface area contributed by atoms with Crippen molar-refractivity contribution in [3.8, 4) is 0 Å². The van der Waals surface area contributed by atoms with Crippen LogP contribution >= 0.6 is 0 Å². The number of hydrogen-bond acceptors (Lipinski definition) is 4. The molecule has 4 heteroatoms. The van der Waals surface area contributed by atoms with Gasteiger partial charge in [0.25, 0.3) is 0 Å². The lowest BCUT2D eigenvalue weighted by Crippen LogP contribution is -2.40. The average Bonchev–Trinajstić information content (AvgIpc) is 2.51. The van der Waals surface area contributed by atoms with E-state index < -0.39 is 0 Å². The summed E-state index contributed by atoms with van der Waals surface area (Å²) in [6.45, 7) is 3.00. The minimum Gasteiger partial charge on any atom is -0.390 e. The predicted octanol–water partition coefficient (Wildman–Crippen LogP) is -0.713. The highest BCUT2D eigenvalue weighted by molar-refractivity contribution is 4.73. The van der Waals surface area contributed by atoms with Crippen LogP contribution in [0.15, 0.2) is 0 Å². The summed E-state index contributed by atoms with van der Waals surface area (Å²) in [4.78, 5) is 1.98. The fourth-order valence-corrected chi connectivity index (χ4v) is 1.48. The number of hydrogen-bond donors (Lipinski definition) is 2. The quantitative estimate of drug-likeness (QED) is 0.598. The average molecular weight is 188 g/mol. The molecular formula is C9H20N2O2. The third-order valence-electron chi connectivity index (χ3n) is 2.15. The van der Waals surface area contributed by atoms with E-state index in [-0.39, 0.29) is 6.10 Å². The molecule has 4 nitrogen and oxygen atoms in total. The smallest absolute Gasteiger partial charge is 0.0791 e. The van der Waals surface area contributed by atoms with Crippen LogP contribution in [-0.4, -0.2) is 62.6 Å². The summed E-state index contributed by atoms with van der Waals surface area (Å²) in [5, 5.41) is 12.8. The first kappa shape index (κ1) is 10.9. The Morgan fingerprint density at radius 3 is 2.92 bits per heavy atom. The number of aliphatic hydroxyl groups is 1. The Balaban J connectivity index is 2.03. The summed E-state index contributed by atoms with van der Waals surface area (Å²) in [6, 6.07) is 0.441. The maximum atomic E-state index is 9.53. The maximum absolute atomic E-state index is 9.53. The van der Waals surface area contributed by atoms with Crippen molar-refractivity contribution in [1.29, 1.82) is 0 Å². The largest absolute Gasteiger partial charge is 0.390 e. The van der Waals surface area contributed by atoms with Gasteiger partial charge < -0.3 is 20.1 Å². The number of rotatable bonds is 5. The summed E-state index contributed by atoms with van der Waals surface area (Å²) >= 11 is 0. The van der Waals surface area contributed by atoms with Crippen molar-refractivity contribution in [1.82, 2.24) is 10.2 Å². The molecule has 0 bridgehead atoms. The van der Waals surface area contributed by atoms with Gasteiger partial charge in [-0.1, -0.05) is 0 Å². The second-order valence-corrected chi connectivity index (χ2v) is 3.88. The summed E-state index contributed by atoms with van der Waals surface area (Å²) in [5.74, 6) is 0. The van der Waals surface area contributed by atoms with Crippen molar-refractivity contribution < 1.29 is 9.84 Å². The van der Waals surface area contributed by atoms with Gasteiger partial charge in [-0.2, -0.15) is 0 Å². The fraction of sp³-hybridized carbons (Fsp3) is 1.00. The van der Waals surface area contributed by atoms with E-state index in [1.807, 2.05) is 19.0 Å². The van der Waals surface area contributed by atoms with Gasteiger partial charge in [0.2, 0.25) is 0 Å². The van der Waals surface area contributed by atoms with Gasteiger partial charge in [0.15, 0.2) is 0 Å². The number of nitrogens with one attached hydrogen (secondary N) is 1. The lowest BCUT2D eigenvalue weighted by Gasteiger charge is -2.18. The zero-order valence-corrected chi connectivity index (χ0v) is 8.49. The van der Waals surface area contributed by atoms with E-state index in [0.717, 1.165) is 19.6 Å². The molecule has 0 amide bonds. The first-order valence-corrected chi connectivity index (χ1v) is 4.82. The number of aliphatic hydroxyl groups excluding tert-OH is 1. The molecule has 2 N–H and O–H groups in total. The van der Waals surface area contributed by atoms with Crippen molar-refractivity contribution in [2.24, 2.45) is 0 Å². The molecule has 0 saturated carbocycles. The van der Waals surface area contributed by atoms with Crippen LogP contribution in [0.3, 0.4) is 0 Å². The molecular weight excluding hydrogens is 168 g/mol. The lowest BCUT2D eigenvalue weighted by atomic mass is 10.2. The predicted molar refractivity (Wildman–Crippen MR) is 51.8 cm³/mol. The zero-order valence-electron chi connectivity index (χ0n) is 8.49. The summed E-state index contributed by atoms with van der Waals surface area (Å²) in [6.07, 6.45) is 0.782. The number of ether oxygens (including phenoxy) is 1. The van der Waals surface area contributed by atoms with Crippen LogP contribution in [0.1, 0.15) is 6.42 Å². The molecule has 0 aromatic rings. The van der Waals surface area contributed by atoms with Crippen LogP contribution in [0.4, 0.5) is 0 Å². The van der Waals surface area contributed by atoms with E-state index in [2.05, 4.69) is 5.32 Å². The molecule has 1 heterocycles. The molecule has 0 aromatic carbocycles. The monoisotopic (exact) mass is 188 g/mol. The van der Waals surface area contributed by atoms with Gasteiger partial charge in [-0.15, -0.1) is 0 Å². The van der Waals surface area contributed by atoms with Crippen molar-refractivity contribution in [2.75, 3.05) is 40.4 Å². The van der Waals surface area contributed by atoms with Crippen molar-refractivity contribution in [2.45, 2.75) is 18.6 Å². The molecule has 2 unspecified atom stereocenters. The van der Waals surface area contributed by atoms with E-state index in [9.17, 15) is 5.11 Å². The van der Waals surface area contributed by atoms with Crippen molar-refractivity contribution >= 4 is 0 Å². The minimum atomic E-state index is -0.282. The number of nitrogens with zero attached hydrogens (tertiary/aromatic N) is 1. The van der Waals surface area contributed by atoms with Gasteiger partial charge >= 0.3 is 0 Å². The Labute approximate surface area is 79.9 Å². The molecule has 1 saturated heterocycles. The van der Waals surface area contributed by atoms with Crippen LogP contribution < -0.4 is 5.32 Å².